The largest absolute Gasteiger partial charge is 0.480 e. The highest BCUT2D eigenvalue weighted by Gasteiger charge is 2.57. The Balaban J connectivity index is 3.00. The molecule has 1 rings (SSSR count). The minimum Gasteiger partial charge on any atom is -0.480 e. The third kappa shape index (κ3) is 2.41. The van der Waals surface area contributed by atoms with Crippen LogP contribution >= 0.6 is 0 Å². The minimum absolute atomic E-state index is 0.311. The summed E-state index contributed by atoms with van der Waals surface area (Å²) >= 11 is 0. The van der Waals surface area contributed by atoms with Crippen molar-refractivity contribution >= 4 is 11.9 Å². The van der Waals surface area contributed by atoms with E-state index in [4.69, 9.17) is 10.8 Å². The molecule has 0 aromatic rings. The number of aliphatic hydroxyl groups is 1. The molecule has 0 saturated carbocycles. The number of aliphatic carboxylic acids is 1. The molecule has 0 aromatic carbocycles. The van der Waals surface area contributed by atoms with E-state index in [0.29, 0.717) is 11.8 Å². The maximum absolute atomic E-state index is 12.6. The summed E-state index contributed by atoms with van der Waals surface area (Å²) in [6.45, 7) is -0.00237. The minimum atomic E-state index is -5.00. The number of halogens is 3. The van der Waals surface area contributed by atoms with Crippen LogP contribution in [0.5, 0.6) is 0 Å². The van der Waals surface area contributed by atoms with E-state index in [1.165, 1.54) is 0 Å². The number of β-amino-alcohol motifs (C(OH)–C–C–N with tert-alkyl or cyclic N) is 1. The second-order valence-electron chi connectivity index (χ2n) is 4.40. The molecule has 0 radical (unpaired) electrons. The molecule has 0 spiro atoms. The summed E-state index contributed by atoms with van der Waals surface area (Å²) in [6.07, 6.45) is -6.48. The van der Waals surface area contributed by atoms with Crippen molar-refractivity contribution in [3.8, 4) is 0 Å². The van der Waals surface area contributed by atoms with E-state index in [0.717, 1.165) is 0 Å². The van der Waals surface area contributed by atoms with Crippen LogP contribution in [0.1, 0.15) is 13.3 Å². The Morgan fingerprint density at radius 2 is 1.89 bits per heavy atom. The number of likely N-dealkylation sites (tertiary alicyclic amines) is 1. The molecule has 18 heavy (non-hydrogen) atoms. The summed E-state index contributed by atoms with van der Waals surface area (Å²) < 4.78 is 37.7. The molecule has 0 bridgehead atoms. The van der Waals surface area contributed by atoms with Gasteiger partial charge in [-0.2, -0.15) is 13.2 Å². The lowest BCUT2D eigenvalue weighted by molar-refractivity contribution is -0.195. The number of aliphatic hydroxyl groups excluding tert-OH is 1. The number of hydrogen-bond acceptors (Lipinski definition) is 4. The molecule has 3 unspecified atom stereocenters. The summed E-state index contributed by atoms with van der Waals surface area (Å²) in [5.41, 5.74) is 1.76. The van der Waals surface area contributed by atoms with Crippen LogP contribution in [-0.2, 0) is 9.59 Å². The Bertz CT molecular complexity index is 369. The predicted octanol–water partition coefficient (Wildman–Crippen LogP) is -0.687. The zero-order chi connectivity index (χ0) is 14.3. The first-order valence-electron chi connectivity index (χ1n) is 5.06. The van der Waals surface area contributed by atoms with Gasteiger partial charge in [0.2, 0.25) is 0 Å². The Labute approximate surface area is 100 Å². The predicted molar refractivity (Wildman–Crippen MR) is 52.4 cm³/mol. The molecule has 1 heterocycles. The first kappa shape index (κ1) is 14.7. The van der Waals surface area contributed by atoms with Crippen molar-refractivity contribution < 1.29 is 33.0 Å². The molecule has 1 fully saturated rings. The van der Waals surface area contributed by atoms with Gasteiger partial charge in [-0.05, 0) is 6.92 Å². The van der Waals surface area contributed by atoms with Crippen molar-refractivity contribution in [1.82, 2.24) is 4.90 Å². The van der Waals surface area contributed by atoms with Crippen molar-refractivity contribution in [1.29, 1.82) is 0 Å². The van der Waals surface area contributed by atoms with Crippen molar-refractivity contribution in [2.24, 2.45) is 5.73 Å². The average Bonchev–Trinajstić information content (AvgIpc) is 2.57. The molecule has 1 aliphatic heterocycles. The van der Waals surface area contributed by atoms with Crippen LogP contribution in [0.25, 0.3) is 0 Å². The Kier molecular flexibility index (Phi) is 3.59. The van der Waals surface area contributed by atoms with Gasteiger partial charge < -0.3 is 20.8 Å². The SMILES string of the molecule is CC(N)(C(=O)N1CC(O)CC1C(=O)O)C(F)(F)F. The Hall–Kier alpha value is -1.35. The van der Waals surface area contributed by atoms with Crippen LogP contribution in [-0.4, -0.2) is 57.4 Å². The van der Waals surface area contributed by atoms with Gasteiger partial charge in [0.1, 0.15) is 6.04 Å². The molecule has 6 nitrogen and oxygen atoms in total. The van der Waals surface area contributed by atoms with Gasteiger partial charge in [0.15, 0.2) is 5.54 Å². The fourth-order valence-electron chi connectivity index (χ4n) is 1.69. The van der Waals surface area contributed by atoms with E-state index in [2.05, 4.69) is 0 Å². The van der Waals surface area contributed by atoms with E-state index < -0.39 is 42.3 Å². The van der Waals surface area contributed by atoms with E-state index in [9.17, 15) is 27.9 Å². The Morgan fingerprint density at radius 3 is 2.28 bits per heavy atom. The van der Waals surface area contributed by atoms with E-state index in [-0.39, 0.29) is 6.42 Å². The highest BCUT2D eigenvalue weighted by molar-refractivity contribution is 5.91. The lowest BCUT2D eigenvalue weighted by Crippen LogP contribution is -2.63. The molecule has 9 heteroatoms. The number of rotatable bonds is 2. The standard InChI is InChI=1S/C9H13F3N2O4/c1-8(13,9(10,11)12)7(18)14-3-4(15)2-5(14)6(16)17/h4-5,15H,2-3,13H2,1H3,(H,16,17). The molecule has 3 atom stereocenters. The van der Waals surface area contributed by atoms with Crippen LogP contribution in [0.15, 0.2) is 0 Å². The number of alkyl halides is 3. The average molecular weight is 270 g/mol. The first-order valence-corrected chi connectivity index (χ1v) is 5.06. The van der Waals surface area contributed by atoms with Crippen molar-refractivity contribution in [3.63, 3.8) is 0 Å². The van der Waals surface area contributed by atoms with Crippen molar-refractivity contribution in [2.45, 2.75) is 37.2 Å². The fourth-order valence-corrected chi connectivity index (χ4v) is 1.69. The second kappa shape index (κ2) is 4.39. The number of carboxylic acids is 1. The number of nitrogens with two attached hydrogens (primary N) is 1. The van der Waals surface area contributed by atoms with Crippen LogP contribution in [0, 0.1) is 0 Å². The third-order valence-electron chi connectivity index (χ3n) is 2.86. The number of amides is 1. The molecular weight excluding hydrogens is 257 g/mol. The highest BCUT2D eigenvalue weighted by atomic mass is 19.4. The summed E-state index contributed by atoms with van der Waals surface area (Å²) in [4.78, 5) is 23.0. The molecular formula is C9H13F3N2O4. The lowest BCUT2D eigenvalue weighted by atomic mass is 10.0. The topological polar surface area (TPSA) is 104 Å². The third-order valence-corrected chi connectivity index (χ3v) is 2.86. The monoisotopic (exact) mass is 270 g/mol. The quantitative estimate of drug-likeness (QED) is 0.616. The van der Waals surface area contributed by atoms with Gasteiger partial charge in [0.25, 0.3) is 5.91 Å². The zero-order valence-electron chi connectivity index (χ0n) is 9.44. The molecule has 1 amide bonds. The van der Waals surface area contributed by atoms with Gasteiger partial charge in [-0.3, -0.25) is 4.79 Å². The molecule has 4 N–H and O–H groups in total. The number of nitrogens with zero attached hydrogens (tertiary/aromatic N) is 1. The summed E-state index contributed by atoms with van der Waals surface area (Å²) in [6, 6.07) is -1.49. The normalized spacial score (nSPS) is 28.0. The van der Waals surface area contributed by atoms with Gasteiger partial charge in [0, 0.05) is 13.0 Å². The second-order valence-corrected chi connectivity index (χ2v) is 4.40. The van der Waals surface area contributed by atoms with Crippen LogP contribution in [0.4, 0.5) is 13.2 Å². The van der Waals surface area contributed by atoms with Gasteiger partial charge in [-0.15, -0.1) is 0 Å². The summed E-state index contributed by atoms with van der Waals surface area (Å²) in [5, 5.41) is 18.0. The smallest absolute Gasteiger partial charge is 0.415 e. The van der Waals surface area contributed by atoms with Crippen molar-refractivity contribution in [2.75, 3.05) is 6.54 Å². The van der Waals surface area contributed by atoms with Gasteiger partial charge in [-0.25, -0.2) is 4.79 Å². The number of carboxylic acid groups (broad SMARTS) is 1. The number of hydrogen-bond donors (Lipinski definition) is 3. The molecule has 0 aromatic heterocycles. The maximum Gasteiger partial charge on any atom is 0.415 e. The van der Waals surface area contributed by atoms with Gasteiger partial charge in [0.05, 0.1) is 6.10 Å². The highest BCUT2D eigenvalue weighted by Crippen LogP contribution is 2.32. The maximum atomic E-state index is 12.6. The van der Waals surface area contributed by atoms with Crippen LogP contribution in [0.2, 0.25) is 0 Å². The molecule has 0 aliphatic carbocycles. The number of carbonyl (C=O) groups excluding carboxylic acids is 1. The Morgan fingerprint density at radius 1 is 1.39 bits per heavy atom. The summed E-state index contributed by atoms with van der Waals surface area (Å²) in [5.74, 6) is -3.03. The fraction of sp³-hybridized carbons (Fsp3) is 0.778. The van der Waals surface area contributed by atoms with Crippen LogP contribution in [0.3, 0.4) is 0 Å². The van der Waals surface area contributed by atoms with E-state index in [1.807, 2.05) is 0 Å². The van der Waals surface area contributed by atoms with Gasteiger partial charge in [-0.1, -0.05) is 0 Å². The van der Waals surface area contributed by atoms with Crippen LogP contribution < -0.4 is 5.73 Å². The first-order chi connectivity index (χ1) is 7.98. The van der Waals surface area contributed by atoms with Crippen molar-refractivity contribution in [3.05, 3.63) is 0 Å². The summed E-state index contributed by atoms with van der Waals surface area (Å²) in [7, 11) is 0. The zero-order valence-corrected chi connectivity index (χ0v) is 9.44. The number of carbonyl (C=O) groups is 2. The van der Waals surface area contributed by atoms with E-state index >= 15 is 0 Å². The van der Waals surface area contributed by atoms with Gasteiger partial charge >= 0.3 is 12.1 Å². The molecule has 1 saturated heterocycles. The lowest BCUT2D eigenvalue weighted by Gasteiger charge is -2.32. The van der Waals surface area contributed by atoms with E-state index in [1.54, 1.807) is 0 Å². The molecule has 1 aliphatic rings. The molecule has 104 valence electrons.